The molecule has 65 heavy (non-hydrogen) atoms. The number of guanidine groups is 1. The van der Waals surface area contributed by atoms with E-state index < -0.39 is 88.7 Å². The van der Waals surface area contributed by atoms with E-state index in [2.05, 4.69) is 52.1 Å². The van der Waals surface area contributed by atoms with Crippen molar-refractivity contribution in [1.29, 1.82) is 0 Å². The zero-order valence-corrected chi connectivity index (χ0v) is 35.6. The second-order valence-electron chi connectivity index (χ2n) is 14.6. The number of rotatable bonds is 18. The number of aromatic hydroxyl groups is 1. The molecule has 1 aliphatic rings. The number of phenols is 1. The minimum Gasteiger partial charge on any atom is -0.508 e. The number of carboxylic acid groups (broad SMARTS) is 1. The first-order valence-corrected chi connectivity index (χ1v) is 21.5. The maximum atomic E-state index is 14.0. The second kappa shape index (κ2) is 24.3. The van der Waals surface area contributed by atoms with Crippen molar-refractivity contribution in [2.45, 2.75) is 80.6 Å². The van der Waals surface area contributed by atoms with Crippen LogP contribution in [0.2, 0.25) is 0 Å². The number of aliphatic carboxylic acids is 1. The molecule has 0 unspecified atom stereocenters. The lowest BCUT2D eigenvalue weighted by Gasteiger charge is -2.26. The van der Waals surface area contributed by atoms with Crippen LogP contribution in [0.5, 0.6) is 5.75 Å². The quantitative estimate of drug-likeness (QED) is 0.0241. The Labute approximate surface area is 372 Å². The molecule has 1 aliphatic heterocycles. The van der Waals surface area contributed by atoms with Crippen molar-refractivity contribution < 1.29 is 56.7 Å². The monoisotopic (exact) mass is 922 g/mol. The average Bonchev–Trinajstić information content (AvgIpc) is 3.25. The van der Waals surface area contributed by atoms with E-state index in [0.717, 1.165) is 0 Å². The Morgan fingerprint density at radius 2 is 1.45 bits per heavy atom. The molecular weight excluding hydrogens is 873 g/mol. The smallest absolute Gasteiger partial charge is 0.305 e. The largest absolute Gasteiger partial charge is 0.508 e. The number of benzene rings is 2. The molecule has 6 amide bonds. The average molecular weight is 923 g/mol. The molecule has 0 saturated carbocycles. The molecule has 1 aromatic heterocycles. The van der Waals surface area contributed by atoms with Crippen LogP contribution < -0.4 is 43.4 Å². The van der Waals surface area contributed by atoms with Crippen molar-refractivity contribution in [2.75, 3.05) is 19.6 Å². The normalized spacial score (nSPS) is 18.8. The summed E-state index contributed by atoms with van der Waals surface area (Å²) in [6, 6.07) is 8.55. The zero-order valence-electron chi connectivity index (χ0n) is 34.8. The first-order valence-electron chi connectivity index (χ1n) is 20.1. The lowest BCUT2D eigenvalue weighted by atomic mass is 10.0. The number of hydrogen-bond acceptors (Lipinski definition) is 14. The standard InChI is InChI=1S/C40H50N12O12S/c41-40(42)44-17-5-8-27-36(58)46-22-33(54)48-30(19-34(55)56)39(61)51-29(18-23-10-13-26(53)14-11-23)38(60)50-28(37(59)49-27)7-3-4-16-43-35(57)25-12-15-32(45-20-25)52-47-21-24-6-1-2-9-31(24)65(62,63)64/h1-2,6,9-15,20,27-30,53H,3-5,7-8,16-19,21-22H2,(H,43,57)(H,46,58)(H,48,54)(H,49,59)(H,50,60)(H,51,61)(H,55,56)(H4,41,42,44)(H,62,63,64)/t27-,28-,29+,30-/m0/s1. The van der Waals surface area contributed by atoms with Crippen LogP contribution in [0.4, 0.5) is 5.82 Å². The Balaban J connectivity index is 1.47. The molecule has 0 bridgehead atoms. The minimum atomic E-state index is -4.47. The van der Waals surface area contributed by atoms with Gasteiger partial charge < -0.3 is 53.6 Å². The predicted octanol–water partition coefficient (Wildman–Crippen LogP) is -0.942. The van der Waals surface area contributed by atoms with Crippen LogP contribution in [0.3, 0.4) is 0 Å². The first-order chi connectivity index (χ1) is 30.9. The van der Waals surface area contributed by atoms with Gasteiger partial charge in [0.05, 0.1) is 30.0 Å². The third-order valence-electron chi connectivity index (χ3n) is 9.55. The molecule has 24 nitrogen and oxygen atoms in total. The van der Waals surface area contributed by atoms with Crippen LogP contribution in [0.1, 0.15) is 60.0 Å². The molecular formula is C40H50N12O12S. The maximum Gasteiger partial charge on any atom is 0.305 e. The third-order valence-corrected chi connectivity index (χ3v) is 10.5. The Bertz CT molecular complexity index is 2360. The van der Waals surface area contributed by atoms with Crippen LogP contribution in [0.25, 0.3) is 0 Å². The molecule has 0 aliphatic carbocycles. The summed E-state index contributed by atoms with van der Waals surface area (Å²) in [5.41, 5.74) is 11.7. The van der Waals surface area contributed by atoms with Gasteiger partial charge in [0.25, 0.3) is 16.0 Å². The van der Waals surface area contributed by atoms with Gasteiger partial charge in [-0.2, -0.15) is 13.5 Å². The zero-order chi connectivity index (χ0) is 47.5. The van der Waals surface area contributed by atoms with Gasteiger partial charge in [0.1, 0.15) is 29.9 Å². The maximum absolute atomic E-state index is 14.0. The molecule has 0 spiro atoms. The number of unbranched alkanes of at least 4 members (excludes halogenated alkanes) is 1. The van der Waals surface area contributed by atoms with Crippen molar-refractivity contribution >= 4 is 63.3 Å². The number of nitrogens with one attached hydrogen (secondary N) is 6. The molecule has 348 valence electrons. The molecule has 1 fully saturated rings. The highest BCUT2D eigenvalue weighted by Gasteiger charge is 2.33. The van der Waals surface area contributed by atoms with Crippen molar-refractivity contribution in [3.63, 3.8) is 0 Å². The van der Waals surface area contributed by atoms with Gasteiger partial charge in [0.2, 0.25) is 29.5 Å². The number of hydrogen-bond donors (Lipinski definition) is 11. The van der Waals surface area contributed by atoms with Crippen LogP contribution in [0.15, 0.2) is 87.0 Å². The van der Waals surface area contributed by atoms with Gasteiger partial charge in [-0.25, -0.2) is 4.98 Å². The number of phenolic OH excluding ortho intramolecular Hbond substituents is 1. The van der Waals surface area contributed by atoms with E-state index in [1.54, 1.807) is 6.07 Å². The van der Waals surface area contributed by atoms with E-state index in [9.17, 15) is 56.7 Å². The minimum absolute atomic E-state index is 0.0158. The Morgan fingerprint density at radius 1 is 0.800 bits per heavy atom. The van der Waals surface area contributed by atoms with Crippen LogP contribution in [-0.4, -0.2) is 119 Å². The lowest BCUT2D eigenvalue weighted by molar-refractivity contribution is -0.141. The topological polar surface area (TPSA) is 389 Å². The molecule has 3 aromatic rings. The molecule has 0 radical (unpaired) electrons. The van der Waals surface area contributed by atoms with Crippen LogP contribution >= 0.6 is 0 Å². The van der Waals surface area contributed by atoms with E-state index in [1.165, 1.54) is 60.8 Å². The highest BCUT2D eigenvalue weighted by atomic mass is 32.2. The van der Waals surface area contributed by atoms with Gasteiger partial charge >= 0.3 is 5.97 Å². The molecule has 1 saturated heterocycles. The fourth-order valence-electron chi connectivity index (χ4n) is 6.28. The summed E-state index contributed by atoms with van der Waals surface area (Å²) in [7, 11) is -4.47. The molecule has 2 heterocycles. The van der Waals surface area contributed by atoms with Crippen molar-refractivity contribution in [3.8, 4) is 5.75 Å². The van der Waals surface area contributed by atoms with Crippen LogP contribution in [-0.2, 0) is 51.9 Å². The summed E-state index contributed by atoms with van der Waals surface area (Å²) in [6.45, 7) is -0.680. The van der Waals surface area contributed by atoms with Gasteiger partial charge in [-0.15, -0.1) is 5.11 Å². The number of nitrogens with zero attached hydrogens (tertiary/aromatic N) is 4. The molecule has 4 atom stereocenters. The van der Waals surface area contributed by atoms with Crippen molar-refractivity contribution in [3.05, 3.63) is 83.6 Å². The summed E-state index contributed by atoms with van der Waals surface area (Å²) < 4.78 is 32.7. The SMILES string of the molecule is NC(N)=NCCC[C@@H]1NC(=O)[C@H](CCCCNC(=O)c2ccc(N=NCc3ccccc3S(=O)(=O)O)nc2)NC(=O)[C@@H](Cc2ccc(O)cc2)NC(=O)[C@H](CC(=O)O)NC(=O)CNC1=O. The van der Waals surface area contributed by atoms with E-state index in [4.69, 9.17) is 11.5 Å². The second-order valence-corrected chi connectivity index (χ2v) is 16.0. The van der Waals surface area contributed by atoms with Crippen molar-refractivity contribution in [1.82, 2.24) is 36.9 Å². The summed E-state index contributed by atoms with van der Waals surface area (Å²) in [4.78, 5) is 99.8. The van der Waals surface area contributed by atoms with Gasteiger partial charge in [-0.3, -0.25) is 43.1 Å². The number of pyridine rings is 1. The number of amides is 6. The fraction of sp³-hybridized carbons (Fsp3) is 0.375. The van der Waals surface area contributed by atoms with E-state index in [0.29, 0.717) is 5.56 Å². The van der Waals surface area contributed by atoms with Crippen LogP contribution in [0, 0.1) is 0 Å². The lowest BCUT2D eigenvalue weighted by Crippen LogP contribution is -2.58. The van der Waals surface area contributed by atoms with E-state index in [-0.39, 0.29) is 91.7 Å². The number of aromatic nitrogens is 1. The number of carbonyl (C=O) groups is 7. The van der Waals surface area contributed by atoms with Gasteiger partial charge in [-0.05, 0) is 73.6 Å². The Hall–Kier alpha value is -7.54. The first kappa shape index (κ1) is 50.1. The molecule has 13 N–H and O–H groups in total. The summed E-state index contributed by atoms with van der Waals surface area (Å²) in [5, 5.41) is 42.2. The number of carbonyl (C=O) groups excluding carboxylic acids is 6. The van der Waals surface area contributed by atoms with E-state index >= 15 is 0 Å². The van der Waals surface area contributed by atoms with Gasteiger partial charge in [0.15, 0.2) is 11.8 Å². The Morgan fingerprint density at radius 3 is 2.11 bits per heavy atom. The number of nitrogens with two attached hydrogens (primary N) is 2. The number of carboxylic acids is 1. The molecule has 25 heteroatoms. The Kier molecular flexibility index (Phi) is 18.8. The summed E-state index contributed by atoms with van der Waals surface area (Å²) >= 11 is 0. The third kappa shape index (κ3) is 16.9. The summed E-state index contributed by atoms with van der Waals surface area (Å²) in [5.74, 6) is -6.56. The summed E-state index contributed by atoms with van der Waals surface area (Å²) in [6.07, 6.45) is 0.849. The van der Waals surface area contributed by atoms with E-state index in [1.807, 2.05) is 0 Å². The number of aliphatic imine (C=N–C) groups is 1. The molecule has 2 aromatic carbocycles. The molecule has 4 rings (SSSR count). The van der Waals surface area contributed by atoms with Crippen molar-refractivity contribution in [2.24, 2.45) is 26.7 Å². The highest BCUT2D eigenvalue weighted by molar-refractivity contribution is 7.85. The van der Waals surface area contributed by atoms with Gasteiger partial charge in [-0.1, -0.05) is 30.3 Å². The van der Waals surface area contributed by atoms with Gasteiger partial charge in [0, 0.05) is 25.7 Å². The predicted molar refractivity (Wildman–Crippen MR) is 230 cm³/mol. The highest BCUT2D eigenvalue weighted by Crippen LogP contribution is 2.18. The fourth-order valence-corrected chi connectivity index (χ4v) is 7.00. The number of azo groups is 1.